The minimum Gasteiger partial charge on any atom is -0.453 e. The summed E-state index contributed by atoms with van der Waals surface area (Å²) in [5, 5.41) is 10.7. The number of nitrogens with one attached hydrogen (secondary N) is 1. The Morgan fingerprint density at radius 1 is 1.14 bits per heavy atom. The molecule has 8 nitrogen and oxygen atoms in total. The molecule has 0 unspecified atom stereocenters. The number of ether oxygens (including phenoxy) is 1. The number of hydrogen-bond acceptors (Lipinski definition) is 8. The largest absolute Gasteiger partial charge is 0.453 e. The Kier molecular flexibility index (Phi) is 6.82. The molecule has 1 saturated heterocycles. The zero-order chi connectivity index (χ0) is 20.8. The van der Waals surface area contributed by atoms with Gasteiger partial charge in [0.1, 0.15) is 0 Å². The third-order valence-electron chi connectivity index (χ3n) is 4.46. The van der Waals surface area contributed by atoms with Crippen molar-refractivity contribution in [3.05, 3.63) is 41.6 Å². The predicted molar refractivity (Wildman–Crippen MR) is 111 cm³/mol. The molecule has 1 aliphatic heterocycles. The van der Waals surface area contributed by atoms with Crippen LogP contribution >= 0.6 is 11.8 Å². The van der Waals surface area contributed by atoms with Gasteiger partial charge in [-0.15, -0.1) is 22.0 Å². The standard InChI is InChI=1S/C20H22N4O4S/c1-13(25)21-16-11-14(5-7-18(16)29-2)17(26)12-28-20(27)15-6-8-19(23-22-15)24-9-3-4-10-24/h5-8,11H,3-4,9-10,12H2,1-2H3,(H,21,25). The average molecular weight is 414 g/mol. The Labute approximate surface area is 173 Å². The van der Waals surface area contributed by atoms with Crippen molar-refractivity contribution >= 4 is 40.9 Å². The van der Waals surface area contributed by atoms with Crippen LogP contribution in [0.5, 0.6) is 0 Å². The van der Waals surface area contributed by atoms with Crippen molar-refractivity contribution in [2.75, 3.05) is 36.2 Å². The molecule has 0 spiro atoms. The molecule has 1 N–H and O–H groups in total. The van der Waals surface area contributed by atoms with Gasteiger partial charge in [-0.3, -0.25) is 9.59 Å². The Balaban J connectivity index is 1.61. The van der Waals surface area contributed by atoms with Crippen LogP contribution in [-0.4, -0.2) is 53.8 Å². The molecule has 1 aromatic carbocycles. The van der Waals surface area contributed by atoms with E-state index in [1.807, 2.05) is 6.26 Å². The highest BCUT2D eigenvalue weighted by Crippen LogP contribution is 2.26. The molecule has 2 heterocycles. The van der Waals surface area contributed by atoms with E-state index in [1.54, 1.807) is 30.3 Å². The molecule has 0 bridgehead atoms. The van der Waals surface area contributed by atoms with E-state index >= 15 is 0 Å². The van der Waals surface area contributed by atoms with Crippen LogP contribution in [0.2, 0.25) is 0 Å². The van der Waals surface area contributed by atoms with E-state index in [0.717, 1.165) is 36.6 Å². The zero-order valence-electron chi connectivity index (χ0n) is 16.3. The molecular weight excluding hydrogens is 392 g/mol. The molecule has 29 heavy (non-hydrogen) atoms. The molecule has 1 aromatic heterocycles. The third kappa shape index (κ3) is 5.32. The molecule has 3 rings (SSSR count). The van der Waals surface area contributed by atoms with Crippen LogP contribution < -0.4 is 10.2 Å². The first-order chi connectivity index (χ1) is 14.0. The Hall–Kier alpha value is -2.94. The summed E-state index contributed by atoms with van der Waals surface area (Å²) in [6.45, 7) is 2.84. The van der Waals surface area contributed by atoms with Crippen LogP contribution in [-0.2, 0) is 9.53 Å². The molecular formula is C20H22N4O4S. The quantitative estimate of drug-likeness (QED) is 0.419. The number of anilines is 2. The first-order valence-electron chi connectivity index (χ1n) is 9.22. The number of carbonyl (C=O) groups is 3. The van der Waals surface area contributed by atoms with Crippen LogP contribution in [0.1, 0.15) is 40.6 Å². The maximum atomic E-state index is 12.4. The molecule has 0 saturated carbocycles. The second kappa shape index (κ2) is 9.51. The Bertz CT molecular complexity index is 911. The van der Waals surface area contributed by atoms with Gasteiger partial charge in [0.05, 0.1) is 5.69 Å². The number of rotatable bonds is 7. The van der Waals surface area contributed by atoms with Gasteiger partial charge in [0.25, 0.3) is 0 Å². The first kappa shape index (κ1) is 20.8. The van der Waals surface area contributed by atoms with Crippen LogP contribution in [0, 0.1) is 0 Å². The van der Waals surface area contributed by atoms with Gasteiger partial charge in [0.15, 0.2) is 23.9 Å². The molecule has 1 aliphatic rings. The lowest BCUT2D eigenvalue weighted by atomic mass is 10.1. The summed E-state index contributed by atoms with van der Waals surface area (Å²) in [5.41, 5.74) is 0.942. The van der Waals surface area contributed by atoms with Gasteiger partial charge in [-0.2, -0.15) is 0 Å². The fourth-order valence-corrected chi connectivity index (χ4v) is 3.54. The minimum atomic E-state index is -0.707. The summed E-state index contributed by atoms with van der Waals surface area (Å²) in [6, 6.07) is 8.24. The SMILES string of the molecule is CSc1ccc(C(=O)COC(=O)c2ccc(N3CCCC3)nn2)cc1NC(C)=O. The van der Waals surface area contributed by atoms with Crippen molar-refractivity contribution in [1.82, 2.24) is 10.2 Å². The predicted octanol–water partition coefficient (Wildman–Crippen LogP) is 2.80. The zero-order valence-corrected chi connectivity index (χ0v) is 17.1. The van der Waals surface area contributed by atoms with Gasteiger partial charge in [-0.05, 0) is 43.4 Å². The van der Waals surface area contributed by atoms with Crippen LogP contribution in [0.4, 0.5) is 11.5 Å². The molecule has 1 amide bonds. The lowest BCUT2D eigenvalue weighted by Crippen LogP contribution is -2.20. The summed E-state index contributed by atoms with van der Waals surface area (Å²) in [6.07, 6.45) is 4.12. The van der Waals surface area contributed by atoms with E-state index in [2.05, 4.69) is 20.4 Å². The van der Waals surface area contributed by atoms with E-state index in [9.17, 15) is 14.4 Å². The monoisotopic (exact) mass is 414 g/mol. The van der Waals surface area contributed by atoms with Crippen LogP contribution in [0.15, 0.2) is 35.2 Å². The topological polar surface area (TPSA) is 101 Å². The number of esters is 1. The molecule has 152 valence electrons. The smallest absolute Gasteiger partial charge is 0.359 e. The summed E-state index contributed by atoms with van der Waals surface area (Å²) in [7, 11) is 0. The number of amides is 1. The van der Waals surface area contributed by atoms with Crippen molar-refractivity contribution in [2.45, 2.75) is 24.7 Å². The molecule has 9 heteroatoms. The fraction of sp³-hybridized carbons (Fsp3) is 0.350. The van der Waals surface area contributed by atoms with Gasteiger partial charge >= 0.3 is 5.97 Å². The number of benzene rings is 1. The number of Topliss-reactive ketones (excluding diaryl/α,β-unsaturated/α-hetero) is 1. The van der Waals surface area contributed by atoms with Gasteiger partial charge in [0, 0.05) is 30.5 Å². The maximum absolute atomic E-state index is 12.4. The number of aromatic nitrogens is 2. The van der Waals surface area contributed by atoms with Crippen molar-refractivity contribution in [3.8, 4) is 0 Å². The van der Waals surface area contributed by atoms with Crippen molar-refractivity contribution in [3.63, 3.8) is 0 Å². The summed E-state index contributed by atoms with van der Waals surface area (Å²) in [5.74, 6) is -0.581. The second-order valence-corrected chi connectivity index (χ2v) is 7.41. The van der Waals surface area contributed by atoms with Gasteiger partial charge in [-0.25, -0.2) is 4.79 Å². The molecule has 0 atom stereocenters. The highest BCUT2D eigenvalue weighted by molar-refractivity contribution is 7.98. The van der Waals surface area contributed by atoms with Crippen molar-refractivity contribution in [2.24, 2.45) is 0 Å². The summed E-state index contributed by atoms with van der Waals surface area (Å²) in [4.78, 5) is 38.9. The number of ketones is 1. The minimum absolute atomic E-state index is 0.0532. The van der Waals surface area contributed by atoms with E-state index in [0.29, 0.717) is 11.3 Å². The average Bonchev–Trinajstić information content (AvgIpc) is 3.26. The summed E-state index contributed by atoms with van der Waals surface area (Å²) < 4.78 is 5.09. The van der Waals surface area contributed by atoms with Crippen LogP contribution in [0.25, 0.3) is 0 Å². The fourth-order valence-electron chi connectivity index (χ4n) is 3.01. The molecule has 0 radical (unpaired) electrons. The number of thioether (sulfide) groups is 1. The van der Waals surface area contributed by atoms with Gasteiger partial charge in [0.2, 0.25) is 5.91 Å². The highest BCUT2D eigenvalue weighted by Gasteiger charge is 2.17. The van der Waals surface area contributed by atoms with Gasteiger partial charge in [-0.1, -0.05) is 6.07 Å². The molecule has 1 fully saturated rings. The lowest BCUT2D eigenvalue weighted by Gasteiger charge is -2.15. The van der Waals surface area contributed by atoms with Crippen LogP contribution in [0.3, 0.4) is 0 Å². The summed E-state index contributed by atoms with van der Waals surface area (Å²) >= 11 is 1.45. The maximum Gasteiger partial charge on any atom is 0.359 e. The highest BCUT2D eigenvalue weighted by atomic mass is 32.2. The van der Waals surface area contributed by atoms with E-state index in [4.69, 9.17) is 4.74 Å². The Morgan fingerprint density at radius 3 is 2.52 bits per heavy atom. The van der Waals surface area contributed by atoms with Crippen molar-refractivity contribution < 1.29 is 19.1 Å². The van der Waals surface area contributed by atoms with E-state index in [1.165, 1.54) is 18.7 Å². The lowest BCUT2D eigenvalue weighted by molar-refractivity contribution is -0.114. The normalized spacial score (nSPS) is 13.2. The first-order valence-corrected chi connectivity index (χ1v) is 10.4. The molecule has 0 aliphatic carbocycles. The van der Waals surface area contributed by atoms with E-state index < -0.39 is 12.6 Å². The van der Waals surface area contributed by atoms with Gasteiger partial charge < -0.3 is 15.0 Å². The third-order valence-corrected chi connectivity index (χ3v) is 5.25. The van der Waals surface area contributed by atoms with Crippen molar-refractivity contribution in [1.29, 1.82) is 0 Å². The Morgan fingerprint density at radius 2 is 1.90 bits per heavy atom. The molecule has 2 aromatic rings. The van der Waals surface area contributed by atoms with E-state index in [-0.39, 0.29) is 17.4 Å². The second-order valence-electron chi connectivity index (χ2n) is 6.57. The number of carbonyl (C=O) groups excluding carboxylic acids is 3. The number of hydrogen-bond donors (Lipinski definition) is 1. The number of nitrogens with zero attached hydrogens (tertiary/aromatic N) is 3.